The summed E-state index contributed by atoms with van der Waals surface area (Å²) < 4.78 is 19.2. The average molecular weight is 302 g/mol. The molecule has 0 saturated carbocycles. The van der Waals surface area contributed by atoms with Gasteiger partial charge in [0.15, 0.2) is 11.6 Å². The van der Waals surface area contributed by atoms with Gasteiger partial charge in [-0.2, -0.15) is 0 Å². The van der Waals surface area contributed by atoms with Crippen LogP contribution in [0.4, 0.5) is 4.39 Å². The minimum absolute atomic E-state index is 0.152. The first-order valence-electron chi connectivity index (χ1n) is 7.56. The molecule has 2 rings (SSSR count). The SMILES string of the molecule is COc1cccc(CNC(CC(C)C)c2cccnc2)c1F. The van der Waals surface area contributed by atoms with E-state index >= 15 is 0 Å². The van der Waals surface area contributed by atoms with Crippen LogP contribution in [-0.2, 0) is 6.54 Å². The molecule has 4 heteroatoms. The highest BCUT2D eigenvalue weighted by molar-refractivity contribution is 5.31. The lowest BCUT2D eigenvalue weighted by molar-refractivity contribution is 0.379. The third-order valence-electron chi connectivity index (χ3n) is 3.60. The Bertz CT molecular complexity index is 587. The minimum Gasteiger partial charge on any atom is -0.494 e. The molecule has 1 unspecified atom stereocenters. The van der Waals surface area contributed by atoms with Crippen molar-refractivity contribution >= 4 is 0 Å². The van der Waals surface area contributed by atoms with Crippen LogP contribution in [-0.4, -0.2) is 12.1 Å². The molecule has 0 amide bonds. The van der Waals surface area contributed by atoms with Gasteiger partial charge in [-0.1, -0.05) is 32.0 Å². The molecule has 0 aliphatic carbocycles. The molecule has 0 bridgehead atoms. The van der Waals surface area contributed by atoms with Crippen molar-refractivity contribution in [2.24, 2.45) is 5.92 Å². The number of methoxy groups -OCH3 is 1. The Morgan fingerprint density at radius 2 is 2.05 bits per heavy atom. The van der Waals surface area contributed by atoms with Gasteiger partial charge in [-0.05, 0) is 30.0 Å². The fourth-order valence-corrected chi connectivity index (χ4v) is 2.47. The van der Waals surface area contributed by atoms with Crippen molar-refractivity contribution in [1.29, 1.82) is 0 Å². The zero-order valence-corrected chi connectivity index (χ0v) is 13.3. The predicted molar refractivity (Wildman–Crippen MR) is 86.2 cm³/mol. The Labute approximate surface area is 131 Å². The molecule has 2 aromatic rings. The molecule has 0 spiro atoms. The molecule has 0 aliphatic heterocycles. The van der Waals surface area contributed by atoms with Crippen LogP contribution in [0.3, 0.4) is 0 Å². The van der Waals surface area contributed by atoms with E-state index in [-0.39, 0.29) is 17.6 Å². The standard InChI is InChI=1S/C18H23FN2O/c1-13(2)10-16(14-7-5-9-20-11-14)21-12-15-6-4-8-17(22-3)18(15)19/h4-9,11,13,16,21H,10,12H2,1-3H3. The molecule has 1 aromatic carbocycles. The second-order valence-electron chi connectivity index (χ2n) is 5.78. The maximum absolute atomic E-state index is 14.2. The summed E-state index contributed by atoms with van der Waals surface area (Å²) in [7, 11) is 1.48. The maximum atomic E-state index is 14.2. The molecule has 0 radical (unpaired) electrons. The molecule has 0 saturated heterocycles. The third-order valence-corrected chi connectivity index (χ3v) is 3.60. The number of nitrogens with one attached hydrogen (secondary N) is 1. The number of benzene rings is 1. The molecule has 118 valence electrons. The summed E-state index contributed by atoms with van der Waals surface area (Å²) in [5, 5.41) is 3.44. The van der Waals surface area contributed by atoms with Gasteiger partial charge in [-0.3, -0.25) is 4.98 Å². The Hall–Kier alpha value is -1.94. The van der Waals surface area contributed by atoms with Crippen LogP contribution in [0, 0.1) is 11.7 Å². The number of hydrogen-bond donors (Lipinski definition) is 1. The molecule has 0 fully saturated rings. The minimum atomic E-state index is -0.299. The topological polar surface area (TPSA) is 34.1 Å². The highest BCUT2D eigenvalue weighted by atomic mass is 19.1. The van der Waals surface area contributed by atoms with E-state index < -0.39 is 0 Å². The van der Waals surface area contributed by atoms with Gasteiger partial charge in [0, 0.05) is 30.5 Å². The lowest BCUT2D eigenvalue weighted by atomic mass is 9.98. The summed E-state index contributed by atoms with van der Waals surface area (Å²) >= 11 is 0. The van der Waals surface area contributed by atoms with Crippen LogP contribution < -0.4 is 10.1 Å². The van der Waals surface area contributed by atoms with Crippen molar-refractivity contribution in [1.82, 2.24) is 10.3 Å². The first-order chi connectivity index (χ1) is 10.6. The lowest BCUT2D eigenvalue weighted by Gasteiger charge is -2.21. The number of ether oxygens (including phenoxy) is 1. The van der Waals surface area contributed by atoms with Crippen molar-refractivity contribution in [2.75, 3.05) is 7.11 Å². The van der Waals surface area contributed by atoms with Crippen LogP contribution in [0.25, 0.3) is 0 Å². The van der Waals surface area contributed by atoms with Crippen LogP contribution in [0.2, 0.25) is 0 Å². The van der Waals surface area contributed by atoms with E-state index in [1.54, 1.807) is 24.4 Å². The summed E-state index contributed by atoms with van der Waals surface area (Å²) in [6.45, 7) is 4.81. The Kier molecular flexibility index (Phi) is 5.90. The fraction of sp³-hybridized carbons (Fsp3) is 0.389. The molecule has 3 nitrogen and oxygen atoms in total. The van der Waals surface area contributed by atoms with Gasteiger partial charge in [0.1, 0.15) is 0 Å². The number of pyridine rings is 1. The van der Waals surface area contributed by atoms with Crippen molar-refractivity contribution in [3.63, 3.8) is 0 Å². The van der Waals surface area contributed by atoms with E-state index in [1.807, 2.05) is 12.3 Å². The zero-order valence-electron chi connectivity index (χ0n) is 13.3. The monoisotopic (exact) mass is 302 g/mol. The van der Waals surface area contributed by atoms with Crippen molar-refractivity contribution < 1.29 is 9.13 Å². The smallest absolute Gasteiger partial charge is 0.169 e. The molecule has 1 N–H and O–H groups in total. The molecule has 1 aromatic heterocycles. The molecule has 1 atom stereocenters. The third kappa shape index (κ3) is 4.28. The Morgan fingerprint density at radius 3 is 2.68 bits per heavy atom. The van der Waals surface area contributed by atoms with Gasteiger partial charge >= 0.3 is 0 Å². The van der Waals surface area contributed by atoms with E-state index in [9.17, 15) is 4.39 Å². The molecule has 22 heavy (non-hydrogen) atoms. The molecule has 1 heterocycles. The van der Waals surface area contributed by atoms with Gasteiger partial charge in [0.25, 0.3) is 0 Å². The van der Waals surface area contributed by atoms with Gasteiger partial charge in [0.2, 0.25) is 0 Å². The first kappa shape index (κ1) is 16.4. The summed E-state index contributed by atoms with van der Waals surface area (Å²) in [5.74, 6) is 0.515. The summed E-state index contributed by atoms with van der Waals surface area (Å²) in [6, 6.07) is 9.34. The van der Waals surface area contributed by atoms with Crippen molar-refractivity contribution in [3.05, 3.63) is 59.7 Å². The molecule has 0 aliphatic rings. The van der Waals surface area contributed by atoms with Crippen LogP contribution in [0.5, 0.6) is 5.75 Å². The second kappa shape index (κ2) is 7.90. The normalized spacial score (nSPS) is 12.4. The van der Waals surface area contributed by atoms with Crippen molar-refractivity contribution in [2.45, 2.75) is 32.9 Å². The molecular formula is C18H23FN2O. The van der Waals surface area contributed by atoms with Gasteiger partial charge < -0.3 is 10.1 Å². The Morgan fingerprint density at radius 1 is 1.23 bits per heavy atom. The number of nitrogens with zero attached hydrogens (tertiary/aromatic N) is 1. The second-order valence-corrected chi connectivity index (χ2v) is 5.78. The van der Waals surface area contributed by atoms with Crippen LogP contribution in [0.15, 0.2) is 42.7 Å². The highest BCUT2D eigenvalue weighted by Crippen LogP contribution is 2.23. The number of rotatable bonds is 7. The van der Waals surface area contributed by atoms with Crippen LogP contribution >= 0.6 is 0 Å². The Balaban J connectivity index is 2.12. The van der Waals surface area contributed by atoms with Gasteiger partial charge in [0.05, 0.1) is 7.11 Å². The van der Waals surface area contributed by atoms with E-state index in [0.717, 1.165) is 12.0 Å². The zero-order chi connectivity index (χ0) is 15.9. The highest BCUT2D eigenvalue weighted by Gasteiger charge is 2.15. The largest absolute Gasteiger partial charge is 0.494 e. The first-order valence-corrected chi connectivity index (χ1v) is 7.56. The number of halogens is 1. The summed E-state index contributed by atoms with van der Waals surface area (Å²) in [5.41, 5.74) is 1.73. The maximum Gasteiger partial charge on any atom is 0.169 e. The van der Waals surface area contributed by atoms with E-state index in [0.29, 0.717) is 18.0 Å². The quantitative estimate of drug-likeness (QED) is 0.836. The predicted octanol–water partition coefficient (Wildman–Crippen LogP) is 4.11. The van der Waals surface area contributed by atoms with Gasteiger partial charge in [-0.15, -0.1) is 0 Å². The lowest BCUT2D eigenvalue weighted by Crippen LogP contribution is -2.23. The summed E-state index contributed by atoms with van der Waals surface area (Å²) in [4.78, 5) is 4.18. The van der Waals surface area contributed by atoms with Gasteiger partial charge in [-0.25, -0.2) is 4.39 Å². The van der Waals surface area contributed by atoms with E-state index in [1.165, 1.54) is 7.11 Å². The van der Waals surface area contributed by atoms with E-state index in [2.05, 4.69) is 30.2 Å². The number of aromatic nitrogens is 1. The molecular weight excluding hydrogens is 279 g/mol. The van der Waals surface area contributed by atoms with Crippen molar-refractivity contribution in [3.8, 4) is 5.75 Å². The average Bonchev–Trinajstić information content (AvgIpc) is 2.53. The number of hydrogen-bond acceptors (Lipinski definition) is 3. The van der Waals surface area contributed by atoms with E-state index in [4.69, 9.17) is 4.74 Å². The fourth-order valence-electron chi connectivity index (χ4n) is 2.47. The van der Waals surface area contributed by atoms with Crippen LogP contribution in [0.1, 0.15) is 37.4 Å². The summed E-state index contributed by atoms with van der Waals surface area (Å²) in [6.07, 6.45) is 4.59.